The van der Waals surface area contributed by atoms with Crippen molar-refractivity contribution in [2.75, 3.05) is 26.5 Å². The van der Waals surface area contributed by atoms with Gasteiger partial charge in [-0.25, -0.2) is 21.7 Å². The van der Waals surface area contributed by atoms with Gasteiger partial charge in [0.1, 0.15) is 17.2 Å². The fourth-order valence-corrected chi connectivity index (χ4v) is 3.17. The highest BCUT2D eigenvalue weighted by Gasteiger charge is 2.19. The van der Waals surface area contributed by atoms with E-state index in [-0.39, 0.29) is 47.0 Å². The minimum Gasteiger partial charge on any atom is -0.411 e. The number of rotatable bonds is 9. The molecule has 1 aromatic heterocycles. The van der Waals surface area contributed by atoms with Crippen molar-refractivity contribution in [3.8, 4) is 0 Å². The predicted molar refractivity (Wildman–Crippen MR) is 97.6 cm³/mol. The van der Waals surface area contributed by atoms with E-state index in [2.05, 4.69) is 36.0 Å². The van der Waals surface area contributed by atoms with Crippen molar-refractivity contribution in [2.24, 2.45) is 5.16 Å². The predicted octanol–water partition coefficient (Wildman–Crippen LogP) is 1.80. The number of benzene rings is 1. The summed E-state index contributed by atoms with van der Waals surface area (Å²) in [5, 5.41) is 19.9. The van der Waals surface area contributed by atoms with E-state index in [0.29, 0.717) is 5.56 Å². The zero-order valence-electron chi connectivity index (χ0n) is 14.6. The van der Waals surface area contributed by atoms with Gasteiger partial charge in [-0.1, -0.05) is 16.4 Å². The molecule has 0 fully saturated rings. The summed E-state index contributed by atoms with van der Waals surface area (Å²) in [6.07, 6.45) is 0.144. The Hall–Kier alpha value is -1.89. The molecule has 0 aliphatic carbocycles. The lowest BCUT2D eigenvalue weighted by atomic mass is 10.1. The third-order valence-electron chi connectivity index (χ3n) is 3.59. The van der Waals surface area contributed by atoms with Gasteiger partial charge in [0, 0.05) is 20.5 Å². The monoisotopic (exact) mass is 464 g/mol. The molecule has 0 saturated carbocycles. The number of hydrogen-bond donors (Lipinski definition) is 1. The summed E-state index contributed by atoms with van der Waals surface area (Å²) >= 11 is 3.09. The van der Waals surface area contributed by atoms with E-state index in [1.807, 2.05) is 0 Å². The number of ether oxygens (including phenoxy) is 1. The van der Waals surface area contributed by atoms with Gasteiger partial charge in [-0.05, 0) is 38.8 Å². The fraction of sp³-hybridized carbons (Fsp3) is 0.400. The van der Waals surface area contributed by atoms with Crippen LogP contribution >= 0.6 is 15.9 Å². The molecular weight excluding hydrogens is 447 g/mol. The highest BCUT2D eigenvalue weighted by Crippen LogP contribution is 2.19. The summed E-state index contributed by atoms with van der Waals surface area (Å²) in [6.45, 7) is -0.128. The lowest BCUT2D eigenvalue weighted by molar-refractivity contribution is 0.128. The molecule has 0 bridgehead atoms. The Morgan fingerprint density at radius 3 is 2.78 bits per heavy atom. The Morgan fingerprint density at radius 1 is 1.41 bits per heavy atom. The minimum atomic E-state index is -3.37. The second-order valence-electron chi connectivity index (χ2n) is 5.68. The Balaban J connectivity index is 2.02. The SMILES string of the molecule is CN(C)S(=O)(=O)CCOCc1nonc1/C(Cc1ccc(F)c(Br)c1)=N/O. The smallest absolute Gasteiger partial charge is 0.215 e. The van der Waals surface area contributed by atoms with Crippen molar-refractivity contribution in [3.05, 3.63) is 45.4 Å². The molecule has 0 aliphatic rings. The summed E-state index contributed by atoms with van der Waals surface area (Å²) in [4.78, 5) is 0. The van der Waals surface area contributed by atoms with E-state index in [1.54, 1.807) is 12.1 Å². The standard InChI is InChI=1S/C15H18BrFN4O5S/c1-21(2)27(23,24)6-5-25-9-14-15(20-26-19-14)13(18-22)8-10-3-4-12(17)11(16)7-10/h3-4,7,22H,5-6,8-9H2,1-2H3/b18-13+. The molecular formula is C15H18BrFN4O5S. The van der Waals surface area contributed by atoms with E-state index in [9.17, 15) is 18.0 Å². The van der Waals surface area contributed by atoms with Crippen LogP contribution in [0.4, 0.5) is 4.39 Å². The second-order valence-corrected chi connectivity index (χ2v) is 8.84. The Labute approximate surface area is 163 Å². The maximum Gasteiger partial charge on any atom is 0.215 e. The molecule has 2 aromatic rings. The Kier molecular flexibility index (Phi) is 7.41. The molecule has 148 valence electrons. The number of aromatic nitrogens is 2. The summed E-state index contributed by atoms with van der Waals surface area (Å²) in [7, 11) is -0.494. The van der Waals surface area contributed by atoms with E-state index in [0.717, 1.165) is 4.31 Å². The van der Waals surface area contributed by atoms with Crippen LogP contribution in [0.3, 0.4) is 0 Å². The van der Waals surface area contributed by atoms with Crippen molar-refractivity contribution in [2.45, 2.75) is 13.0 Å². The van der Waals surface area contributed by atoms with Gasteiger partial charge in [-0.15, -0.1) is 0 Å². The third-order valence-corrected chi connectivity index (χ3v) is 5.99. The molecule has 0 spiro atoms. The van der Waals surface area contributed by atoms with Gasteiger partial charge in [-0.3, -0.25) is 0 Å². The van der Waals surface area contributed by atoms with Crippen LogP contribution in [0.1, 0.15) is 17.0 Å². The topological polar surface area (TPSA) is 118 Å². The van der Waals surface area contributed by atoms with Gasteiger partial charge >= 0.3 is 0 Å². The molecule has 12 heteroatoms. The lowest BCUT2D eigenvalue weighted by Gasteiger charge is -2.10. The highest BCUT2D eigenvalue weighted by molar-refractivity contribution is 9.10. The molecule has 27 heavy (non-hydrogen) atoms. The van der Waals surface area contributed by atoms with Crippen molar-refractivity contribution in [1.82, 2.24) is 14.6 Å². The molecule has 0 aliphatic heterocycles. The molecule has 2 rings (SSSR count). The van der Waals surface area contributed by atoms with Gasteiger partial charge in [0.15, 0.2) is 5.69 Å². The van der Waals surface area contributed by atoms with Gasteiger partial charge in [-0.2, -0.15) is 0 Å². The summed E-state index contributed by atoms with van der Waals surface area (Å²) in [5.41, 5.74) is 1.25. The maximum absolute atomic E-state index is 13.3. The lowest BCUT2D eigenvalue weighted by Crippen LogP contribution is -2.27. The summed E-state index contributed by atoms with van der Waals surface area (Å²) in [6, 6.07) is 4.38. The number of hydrogen-bond acceptors (Lipinski definition) is 8. The summed E-state index contributed by atoms with van der Waals surface area (Å²) in [5.74, 6) is -0.600. The number of halogens is 2. The van der Waals surface area contributed by atoms with Crippen molar-refractivity contribution < 1.29 is 27.4 Å². The van der Waals surface area contributed by atoms with Gasteiger partial charge in [0.2, 0.25) is 10.0 Å². The maximum atomic E-state index is 13.3. The molecule has 0 amide bonds. The molecule has 0 atom stereocenters. The van der Waals surface area contributed by atoms with Gasteiger partial charge in [0.25, 0.3) is 0 Å². The van der Waals surface area contributed by atoms with E-state index in [4.69, 9.17) is 4.74 Å². The van der Waals surface area contributed by atoms with Crippen LogP contribution in [-0.2, 0) is 27.8 Å². The van der Waals surface area contributed by atoms with Crippen molar-refractivity contribution >= 4 is 31.7 Å². The largest absolute Gasteiger partial charge is 0.411 e. The Bertz CT molecular complexity index is 917. The average Bonchev–Trinajstić information content (AvgIpc) is 3.08. The van der Waals surface area contributed by atoms with Crippen LogP contribution in [-0.4, -0.2) is 60.4 Å². The third kappa shape index (κ3) is 5.79. The van der Waals surface area contributed by atoms with Crippen LogP contribution in [0.5, 0.6) is 0 Å². The summed E-state index contributed by atoms with van der Waals surface area (Å²) < 4.78 is 48.1. The average molecular weight is 465 g/mol. The molecule has 0 saturated heterocycles. The first-order valence-electron chi connectivity index (χ1n) is 7.69. The number of sulfonamides is 1. The van der Waals surface area contributed by atoms with E-state index in [1.165, 1.54) is 20.2 Å². The van der Waals surface area contributed by atoms with Gasteiger partial charge in [0.05, 0.1) is 23.4 Å². The molecule has 1 N–H and O–H groups in total. The molecule has 0 radical (unpaired) electrons. The fourth-order valence-electron chi connectivity index (χ4n) is 2.05. The zero-order valence-corrected chi connectivity index (χ0v) is 17.0. The number of oxime groups is 1. The molecule has 9 nitrogen and oxygen atoms in total. The quantitative estimate of drug-likeness (QED) is 0.260. The first kappa shape index (κ1) is 21.4. The Morgan fingerprint density at radius 2 is 2.15 bits per heavy atom. The van der Waals surface area contributed by atoms with Crippen LogP contribution in [0.25, 0.3) is 0 Å². The molecule has 0 unspecified atom stereocenters. The van der Waals surface area contributed by atoms with E-state index >= 15 is 0 Å². The normalized spacial score (nSPS) is 12.7. The minimum absolute atomic E-state index is 0.0523. The first-order valence-corrected chi connectivity index (χ1v) is 10.1. The van der Waals surface area contributed by atoms with Crippen LogP contribution in [0.2, 0.25) is 0 Å². The second kappa shape index (κ2) is 9.35. The van der Waals surface area contributed by atoms with E-state index < -0.39 is 15.8 Å². The zero-order chi connectivity index (χ0) is 20.0. The number of nitrogens with zero attached hydrogens (tertiary/aromatic N) is 4. The first-order chi connectivity index (χ1) is 12.7. The van der Waals surface area contributed by atoms with Crippen molar-refractivity contribution in [1.29, 1.82) is 0 Å². The molecule has 1 heterocycles. The molecule has 1 aromatic carbocycles. The van der Waals surface area contributed by atoms with Crippen molar-refractivity contribution in [3.63, 3.8) is 0 Å². The van der Waals surface area contributed by atoms with Crippen LogP contribution in [0, 0.1) is 5.82 Å². The highest BCUT2D eigenvalue weighted by atomic mass is 79.9. The van der Waals surface area contributed by atoms with Crippen LogP contribution < -0.4 is 0 Å². The van der Waals surface area contributed by atoms with Gasteiger partial charge < -0.3 is 9.94 Å². The van der Waals surface area contributed by atoms with Crippen LogP contribution in [0.15, 0.2) is 32.5 Å².